The Morgan fingerprint density at radius 1 is 1.14 bits per heavy atom. The second-order valence-electron chi connectivity index (χ2n) is 6.14. The second kappa shape index (κ2) is 5.13. The molecule has 0 aromatic carbocycles. The fraction of sp³-hybridized carbons (Fsp3) is 0.562. The summed E-state index contributed by atoms with van der Waals surface area (Å²) in [6, 6.07) is 3.78. The van der Waals surface area contributed by atoms with Crippen molar-refractivity contribution in [3.8, 4) is 0 Å². The molecule has 5 nitrogen and oxygen atoms in total. The monoisotopic (exact) mass is 287 g/mol. The first-order valence-electron chi connectivity index (χ1n) is 7.59. The zero-order valence-corrected chi connectivity index (χ0v) is 12.6. The largest absolute Gasteiger partial charge is 0.340 e. The standard InChI is InChI=1S/C16H21N3O2/c1-11-6-7-13(12(2)17-11)19-10-14(20)18-16(15(19)21)8-4-3-5-9-16/h6-7H,3-5,8-10H2,1-2H3,(H,18,20). The molecular formula is C16H21N3O2. The average Bonchev–Trinajstić information content (AvgIpc) is 2.44. The van der Waals surface area contributed by atoms with Gasteiger partial charge >= 0.3 is 0 Å². The third kappa shape index (κ3) is 2.41. The van der Waals surface area contributed by atoms with Crippen LogP contribution in [0.4, 0.5) is 5.69 Å². The average molecular weight is 287 g/mol. The van der Waals surface area contributed by atoms with Crippen LogP contribution in [-0.2, 0) is 9.59 Å². The zero-order chi connectivity index (χ0) is 15.0. The fourth-order valence-corrected chi connectivity index (χ4v) is 3.49. The lowest BCUT2D eigenvalue weighted by Gasteiger charge is -2.44. The van der Waals surface area contributed by atoms with Crippen molar-refractivity contribution in [1.29, 1.82) is 0 Å². The maximum Gasteiger partial charge on any atom is 0.253 e. The van der Waals surface area contributed by atoms with Gasteiger partial charge in [0.15, 0.2) is 0 Å². The minimum Gasteiger partial charge on any atom is -0.340 e. The van der Waals surface area contributed by atoms with E-state index in [4.69, 9.17) is 0 Å². The molecule has 1 aliphatic carbocycles. The SMILES string of the molecule is Cc1ccc(N2CC(=O)NC3(CCCCC3)C2=O)c(C)n1. The van der Waals surface area contributed by atoms with Gasteiger partial charge in [-0.25, -0.2) is 0 Å². The topological polar surface area (TPSA) is 62.3 Å². The van der Waals surface area contributed by atoms with Crippen LogP contribution in [0.3, 0.4) is 0 Å². The molecule has 2 fully saturated rings. The number of hydrogen-bond acceptors (Lipinski definition) is 3. The summed E-state index contributed by atoms with van der Waals surface area (Å²) in [4.78, 5) is 31.1. The van der Waals surface area contributed by atoms with Crippen molar-refractivity contribution in [3.63, 3.8) is 0 Å². The number of aromatic nitrogens is 1. The molecule has 112 valence electrons. The second-order valence-corrected chi connectivity index (χ2v) is 6.14. The lowest BCUT2D eigenvalue weighted by molar-refractivity contribution is -0.137. The van der Waals surface area contributed by atoms with E-state index < -0.39 is 5.54 Å². The lowest BCUT2D eigenvalue weighted by Crippen LogP contribution is -2.67. The molecular weight excluding hydrogens is 266 g/mol. The van der Waals surface area contributed by atoms with Crippen molar-refractivity contribution in [2.45, 2.75) is 51.5 Å². The van der Waals surface area contributed by atoms with Crippen molar-refractivity contribution < 1.29 is 9.59 Å². The van der Waals surface area contributed by atoms with E-state index in [2.05, 4.69) is 10.3 Å². The highest BCUT2D eigenvalue weighted by Gasteiger charge is 2.47. The zero-order valence-electron chi connectivity index (χ0n) is 12.6. The maximum atomic E-state index is 13.0. The van der Waals surface area contributed by atoms with Crippen molar-refractivity contribution >= 4 is 17.5 Å². The Balaban J connectivity index is 1.97. The smallest absolute Gasteiger partial charge is 0.253 e. The van der Waals surface area contributed by atoms with Crippen molar-refractivity contribution in [2.75, 3.05) is 11.4 Å². The Hall–Kier alpha value is -1.91. The summed E-state index contributed by atoms with van der Waals surface area (Å²) >= 11 is 0. The van der Waals surface area contributed by atoms with Gasteiger partial charge in [0.2, 0.25) is 5.91 Å². The predicted octanol–water partition coefficient (Wildman–Crippen LogP) is 1.86. The van der Waals surface area contributed by atoms with Gasteiger partial charge in [0, 0.05) is 5.69 Å². The van der Waals surface area contributed by atoms with E-state index in [0.717, 1.165) is 49.2 Å². The Labute approximate surface area is 124 Å². The van der Waals surface area contributed by atoms with Gasteiger partial charge in [0.05, 0.1) is 11.4 Å². The number of carbonyl (C=O) groups is 2. The summed E-state index contributed by atoms with van der Waals surface area (Å²) < 4.78 is 0. The Morgan fingerprint density at radius 2 is 1.86 bits per heavy atom. The van der Waals surface area contributed by atoms with Crippen LogP contribution in [0.15, 0.2) is 12.1 Å². The summed E-state index contributed by atoms with van der Waals surface area (Å²) in [5.74, 6) is -0.0490. The van der Waals surface area contributed by atoms with E-state index in [1.165, 1.54) is 0 Å². The normalized spacial score (nSPS) is 21.5. The van der Waals surface area contributed by atoms with E-state index in [9.17, 15) is 9.59 Å². The van der Waals surface area contributed by atoms with E-state index in [-0.39, 0.29) is 18.4 Å². The number of rotatable bonds is 1. The molecule has 21 heavy (non-hydrogen) atoms. The van der Waals surface area contributed by atoms with Crippen LogP contribution in [0.25, 0.3) is 0 Å². The molecule has 1 aromatic rings. The summed E-state index contributed by atoms with van der Waals surface area (Å²) in [7, 11) is 0. The molecule has 2 aliphatic rings. The van der Waals surface area contributed by atoms with Crippen molar-refractivity contribution in [3.05, 3.63) is 23.5 Å². The lowest BCUT2D eigenvalue weighted by atomic mass is 9.79. The first kappa shape index (κ1) is 14.0. The van der Waals surface area contributed by atoms with Crippen molar-refractivity contribution in [2.24, 2.45) is 0 Å². The van der Waals surface area contributed by atoms with Crippen LogP contribution in [0.2, 0.25) is 0 Å². The number of hydrogen-bond donors (Lipinski definition) is 1. The Kier molecular flexibility index (Phi) is 3.43. The molecule has 0 radical (unpaired) electrons. The van der Waals surface area contributed by atoms with E-state index >= 15 is 0 Å². The maximum absolute atomic E-state index is 13.0. The number of piperazine rings is 1. The number of nitrogens with zero attached hydrogens (tertiary/aromatic N) is 2. The Bertz CT molecular complexity index is 591. The van der Waals surface area contributed by atoms with Crippen molar-refractivity contribution in [1.82, 2.24) is 10.3 Å². The molecule has 1 saturated heterocycles. The van der Waals surface area contributed by atoms with Crippen LogP contribution < -0.4 is 10.2 Å². The molecule has 1 N–H and O–H groups in total. The molecule has 1 saturated carbocycles. The van der Waals surface area contributed by atoms with Gasteiger partial charge in [-0.15, -0.1) is 0 Å². The molecule has 1 aromatic heterocycles. The summed E-state index contributed by atoms with van der Waals surface area (Å²) in [6.45, 7) is 3.89. The summed E-state index contributed by atoms with van der Waals surface area (Å²) in [5, 5.41) is 2.96. The molecule has 2 heterocycles. The van der Waals surface area contributed by atoms with E-state index in [1.807, 2.05) is 26.0 Å². The predicted molar refractivity (Wildman–Crippen MR) is 80.0 cm³/mol. The van der Waals surface area contributed by atoms with Crippen LogP contribution in [0, 0.1) is 13.8 Å². The molecule has 0 unspecified atom stereocenters. The molecule has 5 heteroatoms. The van der Waals surface area contributed by atoms with Crippen LogP contribution in [0.5, 0.6) is 0 Å². The molecule has 3 rings (SSSR count). The van der Waals surface area contributed by atoms with Crippen LogP contribution in [-0.4, -0.2) is 28.9 Å². The number of nitrogens with one attached hydrogen (secondary N) is 1. The first-order chi connectivity index (χ1) is 10.0. The van der Waals surface area contributed by atoms with Gasteiger partial charge in [-0.3, -0.25) is 19.5 Å². The highest BCUT2D eigenvalue weighted by molar-refractivity contribution is 6.09. The van der Waals surface area contributed by atoms with Gasteiger partial charge in [0.25, 0.3) is 5.91 Å². The molecule has 0 atom stereocenters. The highest BCUT2D eigenvalue weighted by atomic mass is 16.2. The number of aryl methyl sites for hydroxylation is 2. The number of pyridine rings is 1. The van der Waals surface area contributed by atoms with Gasteiger partial charge in [-0.2, -0.15) is 0 Å². The number of carbonyl (C=O) groups excluding carboxylic acids is 2. The van der Waals surface area contributed by atoms with E-state index in [1.54, 1.807) is 4.90 Å². The first-order valence-corrected chi connectivity index (χ1v) is 7.59. The molecule has 1 aliphatic heterocycles. The van der Waals surface area contributed by atoms with E-state index in [0.29, 0.717) is 0 Å². The minimum atomic E-state index is -0.690. The Morgan fingerprint density at radius 3 is 2.52 bits per heavy atom. The third-order valence-electron chi connectivity index (χ3n) is 4.53. The molecule has 2 amide bonds. The van der Waals surface area contributed by atoms with Gasteiger partial charge < -0.3 is 5.32 Å². The van der Waals surface area contributed by atoms with Gasteiger partial charge in [-0.05, 0) is 38.8 Å². The molecule has 1 spiro atoms. The molecule has 0 bridgehead atoms. The summed E-state index contributed by atoms with van der Waals surface area (Å²) in [5.41, 5.74) is 1.78. The van der Waals surface area contributed by atoms with Gasteiger partial charge in [-0.1, -0.05) is 19.3 Å². The fourth-order valence-electron chi connectivity index (χ4n) is 3.49. The third-order valence-corrected chi connectivity index (χ3v) is 4.53. The highest BCUT2D eigenvalue weighted by Crippen LogP contribution is 2.34. The van der Waals surface area contributed by atoms with Crippen LogP contribution in [0.1, 0.15) is 43.5 Å². The summed E-state index contributed by atoms with van der Waals surface area (Å²) in [6.07, 6.45) is 4.60. The quantitative estimate of drug-likeness (QED) is 0.857. The number of amides is 2. The number of anilines is 1. The van der Waals surface area contributed by atoms with Gasteiger partial charge in [0.1, 0.15) is 12.1 Å². The minimum absolute atomic E-state index is 0.0237. The van der Waals surface area contributed by atoms with Crippen LogP contribution >= 0.6 is 0 Å².